The Balaban J connectivity index is 3.46. The molecule has 0 aromatic heterocycles. The number of alkyl halides is 3. The van der Waals surface area contributed by atoms with Gasteiger partial charge in [-0.15, -0.1) is 0 Å². The molecule has 8 heteroatoms. The minimum absolute atomic E-state index is 0.341. The molecule has 2 nitrogen and oxygen atoms in total. The molecule has 0 N–H and O–H groups in total. The molecule has 0 radical (unpaired) electrons. The van der Waals surface area contributed by atoms with Gasteiger partial charge in [-0.05, 0) is 0 Å². The van der Waals surface area contributed by atoms with Gasteiger partial charge >= 0.3 is 94.1 Å². The number of halogens is 5. The number of hydrogen-bond acceptors (Lipinski definition) is 2. The van der Waals surface area contributed by atoms with Crippen molar-refractivity contribution >= 4 is 24.7 Å². The van der Waals surface area contributed by atoms with Gasteiger partial charge in [0.05, 0.1) is 0 Å². The predicted octanol–water partition coefficient (Wildman–Crippen LogP) is 3.95. The van der Waals surface area contributed by atoms with Crippen molar-refractivity contribution in [3.05, 3.63) is 10.3 Å². The Morgan fingerprint density at radius 1 is 1.31 bits per heavy atom. The summed E-state index contributed by atoms with van der Waals surface area (Å²) in [5.74, 6) is -1.71. The van der Waals surface area contributed by atoms with Gasteiger partial charge in [0, 0.05) is 0 Å². The quantitative estimate of drug-likeness (QED) is 0.565. The summed E-state index contributed by atoms with van der Waals surface area (Å²) in [7, 11) is -4.82. The molecule has 0 bridgehead atoms. The second-order valence-corrected chi connectivity index (χ2v) is 8.56. The van der Waals surface area contributed by atoms with E-state index in [4.69, 9.17) is 11.6 Å². The number of rotatable bonds is 2. The zero-order valence-corrected chi connectivity index (χ0v) is 10.2. The summed E-state index contributed by atoms with van der Waals surface area (Å²) in [5, 5.41) is 0. The van der Waals surface area contributed by atoms with E-state index in [-0.39, 0.29) is 12.3 Å². The second kappa shape index (κ2) is 3.57. The van der Waals surface area contributed by atoms with E-state index in [1.165, 1.54) is 13.8 Å². The molecule has 1 aliphatic rings. The molecule has 0 saturated carbocycles. The summed E-state index contributed by atoms with van der Waals surface area (Å²) in [4.78, 5) is 11.1. The van der Waals surface area contributed by atoms with Gasteiger partial charge < -0.3 is 0 Å². The molecular weight excluding hydrogens is 271 g/mol. The Kier molecular flexibility index (Phi) is 3.06. The summed E-state index contributed by atoms with van der Waals surface area (Å²) in [6.45, 7) is 2.63. The second-order valence-electron chi connectivity index (χ2n) is 3.46. The first-order valence-corrected chi connectivity index (χ1v) is 7.33. The van der Waals surface area contributed by atoms with Crippen molar-refractivity contribution in [1.82, 2.24) is 0 Å². The first-order chi connectivity index (χ1) is 7.09. The Labute approximate surface area is 94.7 Å². The van der Waals surface area contributed by atoms with Gasteiger partial charge in [-0.25, -0.2) is 0 Å². The van der Waals surface area contributed by atoms with Crippen LogP contribution >= 0.6 is 18.7 Å². The zero-order valence-electron chi connectivity index (χ0n) is 8.57. The summed E-state index contributed by atoms with van der Waals surface area (Å²) in [5.41, 5.74) is -1.70. The van der Waals surface area contributed by atoms with Crippen LogP contribution in [0.1, 0.15) is 13.8 Å². The van der Waals surface area contributed by atoms with E-state index in [9.17, 15) is 22.2 Å². The van der Waals surface area contributed by atoms with Crippen molar-refractivity contribution in [3.8, 4) is 0 Å². The fourth-order valence-corrected chi connectivity index (χ4v) is 5.00. The molecule has 0 saturated heterocycles. The number of carbonyl (C=O) groups excluding carboxylic acids is 1. The maximum absolute atomic E-state index is 14.6. The fraction of sp³-hybridized carbons (Fsp3) is 0.625. The van der Waals surface area contributed by atoms with Crippen LogP contribution in [0.4, 0.5) is 17.4 Å². The van der Waals surface area contributed by atoms with Gasteiger partial charge in [0.25, 0.3) is 0 Å². The van der Waals surface area contributed by atoms with Crippen LogP contribution in [-0.4, -0.2) is 24.5 Å². The molecule has 0 unspecified atom stereocenters. The molecule has 0 spiro atoms. The standard InChI is InChI=1S/C8H10ClF4O2P/c1-3-16(13,4-2)6(9)5(7(14)15-16)8(10,11)12/h3-4H2,1-2H3. The van der Waals surface area contributed by atoms with Crippen LogP contribution in [0.3, 0.4) is 0 Å². The number of hydrogen-bond donors (Lipinski definition) is 0. The molecular formula is C8H10ClF4O2P. The van der Waals surface area contributed by atoms with Crippen molar-refractivity contribution in [3.63, 3.8) is 0 Å². The first-order valence-electron chi connectivity index (χ1n) is 4.54. The van der Waals surface area contributed by atoms with Gasteiger partial charge in [-0.1, -0.05) is 0 Å². The molecule has 0 aromatic rings. The van der Waals surface area contributed by atoms with E-state index >= 15 is 0 Å². The van der Waals surface area contributed by atoms with E-state index in [1.807, 2.05) is 0 Å². The zero-order chi connectivity index (χ0) is 12.8. The average molecular weight is 281 g/mol. The van der Waals surface area contributed by atoms with E-state index in [2.05, 4.69) is 4.52 Å². The summed E-state index contributed by atoms with van der Waals surface area (Å²) >= 11 is 5.42. The average Bonchev–Trinajstić information content (AvgIpc) is 2.36. The monoisotopic (exact) mass is 280 g/mol. The molecule has 94 valence electrons. The molecule has 16 heavy (non-hydrogen) atoms. The van der Waals surface area contributed by atoms with Crippen LogP contribution in [0.5, 0.6) is 0 Å². The summed E-state index contributed by atoms with van der Waals surface area (Å²) in [6, 6.07) is 0. The molecule has 0 aliphatic carbocycles. The Bertz CT molecular complexity index is 373. The summed E-state index contributed by atoms with van der Waals surface area (Å²) < 4.78 is 55.3. The first kappa shape index (κ1) is 13.7. The fourth-order valence-electron chi connectivity index (χ4n) is 1.47. The Hall–Kier alpha value is -0.350. The third-order valence-electron chi connectivity index (χ3n) is 2.68. The molecule has 0 atom stereocenters. The molecule has 1 heterocycles. The van der Waals surface area contributed by atoms with E-state index in [0.717, 1.165) is 0 Å². The van der Waals surface area contributed by atoms with Gasteiger partial charge in [-0.2, -0.15) is 0 Å². The van der Waals surface area contributed by atoms with Crippen LogP contribution in [0.15, 0.2) is 10.3 Å². The van der Waals surface area contributed by atoms with Gasteiger partial charge in [0.15, 0.2) is 0 Å². The van der Waals surface area contributed by atoms with Crippen LogP contribution in [-0.2, 0) is 9.32 Å². The van der Waals surface area contributed by atoms with Crippen molar-refractivity contribution in [2.75, 3.05) is 12.3 Å². The van der Waals surface area contributed by atoms with Crippen molar-refractivity contribution < 1.29 is 26.7 Å². The maximum atomic E-state index is 14.6. The van der Waals surface area contributed by atoms with E-state index in [0.29, 0.717) is 0 Å². The number of carbonyl (C=O) groups is 1. The van der Waals surface area contributed by atoms with Crippen molar-refractivity contribution in [1.29, 1.82) is 0 Å². The Morgan fingerprint density at radius 3 is 1.94 bits per heavy atom. The Morgan fingerprint density at radius 2 is 1.75 bits per heavy atom. The van der Waals surface area contributed by atoms with Crippen LogP contribution in [0.2, 0.25) is 0 Å². The minimum atomic E-state index is -4.98. The topological polar surface area (TPSA) is 26.3 Å². The molecule has 0 fully saturated rings. The van der Waals surface area contributed by atoms with Gasteiger partial charge in [0.1, 0.15) is 0 Å². The van der Waals surface area contributed by atoms with Crippen LogP contribution in [0.25, 0.3) is 0 Å². The third-order valence-corrected chi connectivity index (χ3v) is 8.18. The van der Waals surface area contributed by atoms with Crippen molar-refractivity contribution in [2.45, 2.75) is 20.0 Å². The normalized spacial score (nSPS) is 26.2. The molecule has 0 amide bonds. The van der Waals surface area contributed by atoms with Crippen molar-refractivity contribution in [2.24, 2.45) is 0 Å². The SMILES string of the molecule is CCP1(F)(CC)OC(=O)C(C(F)(F)F)=C1Cl. The van der Waals surface area contributed by atoms with E-state index in [1.54, 1.807) is 0 Å². The predicted molar refractivity (Wildman–Crippen MR) is 54.1 cm³/mol. The van der Waals surface area contributed by atoms with Gasteiger partial charge in [-0.3, -0.25) is 0 Å². The summed E-state index contributed by atoms with van der Waals surface area (Å²) in [6.07, 6.45) is -5.66. The molecule has 1 rings (SSSR count). The van der Waals surface area contributed by atoms with E-state index < -0.39 is 29.6 Å². The van der Waals surface area contributed by atoms with Crippen LogP contribution < -0.4 is 0 Å². The molecule has 0 aromatic carbocycles. The van der Waals surface area contributed by atoms with Gasteiger partial charge in [0.2, 0.25) is 0 Å². The molecule has 1 aliphatic heterocycles. The van der Waals surface area contributed by atoms with Crippen LogP contribution in [0, 0.1) is 0 Å². The third kappa shape index (κ3) is 1.72.